The summed E-state index contributed by atoms with van der Waals surface area (Å²) in [5.41, 5.74) is 0. The summed E-state index contributed by atoms with van der Waals surface area (Å²) in [7, 11) is 0. The van der Waals surface area contributed by atoms with E-state index in [1.54, 1.807) is 6.08 Å². The molecular weight excluding hydrogens is 248 g/mol. The third-order valence-corrected chi connectivity index (χ3v) is 2.23. The van der Waals surface area contributed by atoms with Crippen molar-refractivity contribution in [3.8, 4) is 0 Å². The van der Waals surface area contributed by atoms with Crippen molar-refractivity contribution >= 4 is 31.9 Å². The highest BCUT2D eigenvalue weighted by atomic mass is 79.9. The molecule has 0 heterocycles. The summed E-state index contributed by atoms with van der Waals surface area (Å²) >= 11 is 6.69. The maximum atomic E-state index is 8.31. The highest BCUT2D eigenvalue weighted by Crippen LogP contribution is 2.09. The van der Waals surface area contributed by atoms with Crippen molar-refractivity contribution in [2.24, 2.45) is 0 Å². The fourth-order valence-corrected chi connectivity index (χ4v) is 1.25. The summed E-state index contributed by atoms with van der Waals surface area (Å²) in [6, 6.07) is 0. The van der Waals surface area contributed by atoms with E-state index < -0.39 is 0 Å². The van der Waals surface area contributed by atoms with Gasteiger partial charge in [-0.3, -0.25) is 0 Å². The fraction of sp³-hybridized carbons (Fsp3) is 0.667. The van der Waals surface area contributed by atoms with E-state index >= 15 is 0 Å². The van der Waals surface area contributed by atoms with Gasteiger partial charge in [0.2, 0.25) is 0 Å². The standard InChI is InChI=1S/C6H10Br2O/c7-4-1-2-6(8)3-5-9/h3,5-6,9H,1-2,4H2. The smallest absolute Gasteiger partial charge is 0.0762 e. The molecule has 0 aliphatic carbocycles. The average Bonchev–Trinajstić information content (AvgIpc) is 1.85. The topological polar surface area (TPSA) is 20.2 Å². The van der Waals surface area contributed by atoms with Gasteiger partial charge in [-0.15, -0.1) is 0 Å². The van der Waals surface area contributed by atoms with E-state index in [4.69, 9.17) is 5.11 Å². The molecular formula is C6H10Br2O. The monoisotopic (exact) mass is 256 g/mol. The van der Waals surface area contributed by atoms with Gasteiger partial charge in [0.05, 0.1) is 6.26 Å². The number of rotatable bonds is 4. The van der Waals surface area contributed by atoms with Gasteiger partial charge in [0.15, 0.2) is 0 Å². The normalized spacial score (nSPS) is 14.4. The third-order valence-electron chi connectivity index (χ3n) is 0.908. The first-order valence-corrected chi connectivity index (χ1v) is 4.86. The zero-order chi connectivity index (χ0) is 7.11. The van der Waals surface area contributed by atoms with Crippen LogP contribution in [0.5, 0.6) is 0 Å². The number of aliphatic hydroxyl groups excluding tert-OH is 1. The lowest BCUT2D eigenvalue weighted by atomic mass is 10.2. The van der Waals surface area contributed by atoms with Crippen LogP contribution in [-0.2, 0) is 0 Å². The minimum atomic E-state index is 0.319. The van der Waals surface area contributed by atoms with Crippen LogP contribution in [0.2, 0.25) is 0 Å². The van der Waals surface area contributed by atoms with E-state index in [0.29, 0.717) is 4.83 Å². The lowest BCUT2D eigenvalue weighted by Crippen LogP contribution is -1.91. The summed E-state index contributed by atoms with van der Waals surface area (Å²) in [5, 5.41) is 9.34. The van der Waals surface area contributed by atoms with Crippen LogP contribution in [0.15, 0.2) is 12.3 Å². The Bertz CT molecular complexity index is 83.1. The lowest BCUT2D eigenvalue weighted by Gasteiger charge is -1.98. The molecule has 0 aromatic heterocycles. The molecule has 0 spiro atoms. The van der Waals surface area contributed by atoms with E-state index in [9.17, 15) is 0 Å². The van der Waals surface area contributed by atoms with Crippen molar-refractivity contribution in [3.05, 3.63) is 12.3 Å². The first-order valence-electron chi connectivity index (χ1n) is 2.82. The second kappa shape index (κ2) is 6.62. The zero-order valence-electron chi connectivity index (χ0n) is 5.06. The van der Waals surface area contributed by atoms with E-state index in [1.807, 2.05) is 0 Å². The predicted molar refractivity (Wildman–Crippen MR) is 47.5 cm³/mol. The maximum Gasteiger partial charge on any atom is 0.0762 e. The predicted octanol–water partition coefficient (Wildman–Crippen LogP) is 3.00. The van der Waals surface area contributed by atoms with Gasteiger partial charge in [-0.1, -0.05) is 31.9 Å². The fourth-order valence-electron chi connectivity index (χ4n) is 0.462. The van der Waals surface area contributed by atoms with Crippen molar-refractivity contribution in [2.75, 3.05) is 5.33 Å². The molecule has 0 rings (SSSR count). The maximum absolute atomic E-state index is 8.31. The van der Waals surface area contributed by atoms with Crippen LogP contribution < -0.4 is 0 Å². The second-order valence-corrected chi connectivity index (χ2v) is 3.66. The molecule has 1 unspecified atom stereocenters. The number of halogens is 2. The lowest BCUT2D eigenvalue weighted by molar-refractivity contribution is 0.470. The molecule has 0 radical (unpaired) electrons. The number of hydrogen-bond donors (Lipinski definition) is 1. The molecule has 1 N–H and O–H groups in total. The van der Waals surface area contributed by atoms with Gasteiger partial charge >= 0.3 is 0 Å². The van der Waals surface area contributed by atoms with Crippen molar-refractivity contribution in [1.29, 1.82) is 0 Å². The van der Waals surface area contributed by atoms with Gasteiger partial charge in [-0.2, -0.15) is 0 Å². The average molecular weight is 258 g/mol. The molecule has 54 valence electrons. The molecule has 0 fully saturated rings. The summed E-state index contributed by atoms with van der Waals surface area (Å²) in [6.45, 7) is 0. The Morgan fingerprint density at radius 2 is 2.22 bits per heavy atom. The minimum Gasteiger partial charge on any atom is -0.516 e. The highest BCUT2D eigenvalue weighted by molar-refractivity contribution is 9.09. The van der Waals surface area contributed by atoms with Crippen LogP contribution in [0.25, 0.3) is 0 Å². The largest absolute Gasteiger partial charge is 0.516 e. The van der Waals surface area contributed by atoms with Gasteiger partial charge < -0.3 is 5.11 Å². The van der Waals surface area contributed by atoms with Gasteiger partial charge in [-0.05, 0) is 18.9 Å². The number of hydrogen-bond acceptors (Lipinski definition) is 1. The Kier molecular flexibility index (Phi) is 6.99. The van der Waals surface area contributed by atoms with Gasteiger partial charge in [0, 0.05) is 10.2 Å². The van der Waals surface area contributed by atoms with Crippen LogP contribution in [0.3, 0.4) is 0 Å². The first kappa shape index (κ1) is 9.50. The Hall–Kier alpha value is 0.500. The van der Waals surface area contributed by atoms with E-state index in [1.165, 1.54) is 0 Å². The SMILES string of the molecule is OC=CC(Br)CCCBr. The van der Waals surface area contributed by atoms with Crippen LogP contribution in [0.4, 0.5) is 0 Å². The molecule has 1 nitrogen and oxygen atoms in total. The quantitative estimate of drug-likeness (QED) is 0.607. The molecule has 0 amide bonds. The summed E-state index contributed by atoms with van der Waals surface area (Å²) in [5.74, 6) is 0. The minimum absolute atomic E-state index is 0.319. The molecule has 0 bridgehead atoms. The molecule has 0 saturated carbocycles. The Balaban J connectivity index is 3.15. The molecule has 0 aromatic carbocycles. The third kappa shape index (κ3) is 6.38. The summed E-state index contributed by atoms with van der Waals surface area (Å²) in [4.78, 5) is 0.319. The van der Waals surface area contributed by atoms with Crippen LogP contribution >= 0.6 is 31.9 Å². The Morgan fingerprint density at radius 3 is 2.67 bits per heavy atom. The molecule has 1 atom stereocenters. The Morgan fingerprint density at radius 1 is 1.56 bits per heavy atom. The van der Waals surface area contributed by atoms with Gasteiger partial charge in [-0.25, -0.2) is 0 Å². The Labute approximate surface area is 72.4 Å². The second-order valence-electron chi connectivity index (χ2n) is 1.69. The van der Waals surface area contributed by atoms with Crippen LogP contribution in [0.1, 0.15) is 12.8 Å². The highest BCUT2D eigenvalue weighted by Gasteiger charge is 1.96. The van der Waals surface area contributed by atoms with E-state index in [2.05, 4.69) is 31.9 Å². The number of alkyl halides is 2. The number of allylic oxidation sites excluding steroid dienone is 1. The summed E-state index contributed by atoms with van der Waals surface area (Å²) in [6.07, 6.45) is 4.98. The molecule has 0 aliphatic rings. The van der Waals surface area contributed by atoms with Crippen molar-refractivity contribution in [2.45, 2.75) is 17.7 Å². The van der Waals surface area contributed by atoms with Crippen molar-refractivity contribution in [1.82, 2.24) is 0 Å². The first-order chi connectivity index (χ1) is 4.31. The number of aliphatic hydroxyl groups is 1. The van der Waals surface area contributed by atoms with Crippen molar-refractivity contribution in [3.63, 3.8) is 0 Å². The van der Waals surface area contributed by atoms with E-state index in [0.717, 1.165) is 24.4 Å². The molecule has 9 heavy (non-hydrogen) atoms. The molecule has 0 aromatic rings. The van der Waals surface area contributed by atoms with Gasteiger partial charge in [0.25, 0.3) is 0 Å². The van der Waals surface area contributed by atoms with Gasteiger partial charge in [0.1, 0.15) is 0 Å². The summed E-state index contributed by atoms with van der Waals surface area (Å²) < 4.78 is 0. The van der Waals surface area contributed by atoms with Crippen molar-refractivity contribution < 1.29 is 5.11 Å². The molecule has 0 aliphatic heterocycles. The van der Waals surface area contributed by atoms with Crippen LogP contribution in [-0.4, -0.2) is 15.3 Å². The molecule has 3 heteroatoms. The molecule has 0 saturated heterocycles. The zero-order valence-corrected chi connectivity index (χ0v) is 8.23. The van der Waals surface area contributed by atoms with Crippen LogP contribution in [0, 0.1) is 0 Å². The van der Waals surface area contributed by atoms with E-state index in [-0.39, 0.29) is 0 Å².